The van der Waals surface area contributed by atoms with Crippen LogP contribution in [0.3, 0.4) is 0 Å². The molecule has 1 N–H and O–H groups in total. The largest absolute Gasteiger partial charge is 0.478 e. The Morgan fingerprint density at radius 1 is 1.28 bits per heavy atom. The molecule has 0 atom stereocenters. The Bertz CT molecular complexity index is 676. The topological polar surface area (TPSA) is 59.3 Å². The van der Waals surface area contributed by atoms with Crippen molar-refractivity contribution in [2.24, 2.45) is 0 Å². The second-order valence-electron chi connectivity index (χ2n) is 3.89. The van der Waals surface area contributed by atoms with Crippen molar-refractivity contribution in [2.45, 2.75) is 6.92 Å². The second kappa shape index (κ2) is 4.78. The first kappa shape index (κ1) is 12.6. The SMILES string of the molecule is Cc1ccc(-n2cc(C(=O)O)ccc2=O)c(Br)c1. The summed E-state index contributed by atoms with van der Waals surface area (Å²) in [5.74, 6) is -1.06. The number of benzene rings is 1. The first-order chi connectivity index (χ1) is 8.49. The highest BCUT2D eigenvalue weighted by molar-refractivity contribution is 9.10. The molecule has 0 unspecified atom stereocenters. The summed E-state index contributed by atoms with van der Waals surface area (Å²) in [7, 11) is 0. The summed E-state index contributed by atoms with van der Waals surface area (Å²) in [6.07, 6.45) is 1.32. The zero-order chi connectivity index (χ0) is 13.3. The Morgan fingerprint density at radius 3 is 2.61 bits per heavy atom. The van der Waals surface area contributed by atoms with Gasteiger partial charge in [-0.05, 0) is 46.6 Å². The van der Waals surface area contributed by atoms with Crippen molar-refractivity contribution in [1.82, 2.24) is 4.57 Å². The normalized spacial score (nSPS) is 10.3. The van der Waals surface area contributed by atoms with Crippen molar-refractivity contribution in [3.05, 3.63) is 62.5 Å². The number of halogens is 1. The maximum Gasteiger partial charge on any atom is 0.337 e. The molecule has 2 aromatic rings. The van der Waals surface area contributed by atoms with Crippen molar-refractivity contribution in [3.8, 4) is 5.69 Å². The van der Waals surface area contributed by atoms with Crippen LogP contribution in [0.25, 0.3) is 5.69 Å². The van der Waals surface area contributed by atoms with E-state index in [0.29, 0.717) is 5.69 Å². The van der Waals surface area contributed by atoms with Gasteiger partial charge >= 0.3 is 5.97 Å². The maximum absolute atomic E-state index is 11.8. The van der Waals surface area contributed by atoms with E-state index in [0.717, 1.165) is 10.0 Å². The number of carbonyl (C=O) groups is 1. The molecule has 18 heavy (non-hydrogen) atoms. The third-order valence-electron chi connectivity index (χ3n) is 2.52. The number of aromatic carboxylic acids is 1. The predicted octanol–water partition coefficient (Wildman–Crippen LogP) is 2.61. The number of carboxylic acid groups (broad SMARTS) is 1. The van der Waals surface area contributed by atoms with Crippen LogP contribution in [0.5, 0.6) is 0 Å². The first-order valence-corrected chi connectivity index (χ1v) is 6.01. The molecule has 0 bridgehead atoms. The van der Waals surface area contributed by atoms with E-state index in [1.807, 2.05) is 19.1 Å². The van der Waals surface area contributed by atoms with E-state index < -0.39 is 5.97 Å². The number of hydrogen-bond acceptors (Lipinski definition) is 2. The summed E-state index contributed by atoms with van der Waals surface area (Å²) < 4.78 is 2.06. The van der Waals surface area contributed by atoms with Gasteiger partial charge in [-0.3, -0.25) is 9.36 Å². The van der Waals surface area contributed by atoms with Crippen molar-refractivity contribution in [3.63, 3.8) is 0 Å². The molecule has 0 fully saturated rings. The summed E-state index contributed by atoms with van der Waals surface area (Å²) in [5.41, 5.74) is 1.47. The monoisotopic (exact) mass is 307 g/mol. The third-order valence-corrected chi connectivity index (χ3v) is 3.16. The molecule has 0 aliphatic rings. The first-order valence-electron chi connectivity index (χ1n) is 5.21. The van der Waals surface area contributed by atoms with E-state index in [1.165, 1.54) is 22.9 Å². The van der Waals surface area contributed by atoms with Crippen LogP contribution < -0.4 is 5.56 Å². The summed E-state index contributed by atoms with van der Waals surface area (Å²) in [4.78, 5) is 22.7. The molecule has 0 radical (unpaired) electrons. The van der Waals surface area contributed by atoms with Gasteiger partial charge in [0.15, 0.2) is 0 Å². The van der Waals surface area contributed by atoms with Crippen LogP contribution in [-0.2, 0) is 0 Å². The lowest BCUT2D eigenvalue weighted by Crippen LogP contribution is -2.18. The van der Waals surface area contributed by atoms with Gasteiger partial charge in [0.05, 0.1) is 11.3 Å². The van der Waals surface area contributed by atoms with Gasteiger partial charge in [0, 0.05) is 16.7 Å². The van der Waals surface area contributed by atoms with Gasteiger partial charge in [-0.2, -0.15) is 0 Å². The molecule has 2 rings (SSSR count). The minimum Gasteiger partial charge on any atom is -0.478 e. The van der Waals surface area contributed by atoms with Gasteiger partial charge in [-0.15, -0.1) is 0 Å². The fourth-order valence-electron chi connectivity index (χ4n) is 1.61. The van der Waals surface area contributed by atoms with Crippen molar-refractivity contribution in [2.75, 3.05) is 0 Å². The number of aryl methyl sites for hydroxylation is 1. The fraction of sp³-hybridized carbons (Fsp3) is 0.0769. The van der Waals surface area contributed by atoms with Crippen LogP contribution in [0.15, 0.2) is 45.8 Å². The molecule has 1 aromatic carbocycles. The van der Waals surface area contributed by atoms with Gasteiger partial charge in [0.1, 0.15) is 0 Å². The zero-order valence-corrected chi connectivity index (χ0v) is 11.1. The quantitative estimate of drug-likeness (QED) is 0.927. The average Bonchev–Trinajstić information content (AvgIpc) is 2.30. The molecule has 0 saturated carbocycles. The number of aromatic nitrogens is 1. The van der Waals surface area contributed by atoms with Crippen molar-refractivity contribution >= 4 is 21.9 Å². The molecule has 4 nitrogen and oxygen atoms in total. The predicted molar refractivity (Wildman–Crippen MR) is 71.4 cm³/mol. The molecule has 5 heteroatoms. The van der Waals surface area contributed by atoms with E-state index in [-0.39, 0.29) is 11.1 Å². The van der Waals surface area contributed by atoms with Crippen LogP contribution in [0, 0.1) is 6.92 Å². The minimum atomic E-state index is -1.06. The van der Waals surface area contributed by atoms with Crippen LogP contribution in [0.2, 0.25) is 0 Å². The van der Waals surface area contributed by atoms with Crippen molar-refractivity contribution in [1.29, 1.82) is 0 Å². The molecule has 0 spiro atoms. The lowest BCUT2D eigenvalue weighted by molar-refractivity contribution is 0.0696. The Kier molecular flexibility index (Phi) is 3.34. The van der Waals surface area contributed by atoms with E-state index >= 15 is 0 Å². The van der Waals surface area contributed by atoms with Crippen LogP contribution >= 0.6 is 15.9 Å². The molecule has 1 heterocycles. The van der Waals surface area contributed by atoms with Gasteiger partial charge in [-0.1, -0.05) is 6.07 Å². The van der Waals surface area contributed by atoms with E-state index in [1.54, 1.807) is 6.07 Å². The Morgan fingerprint density at radius 2 is 2.00 bits per heavy atom. The molecule has 0 aliphatic heterocycles. The zero-order valence-electron chi connectivity index (χ0n) is 9.55. The van der Waals surface area contributed by atoms with Crippen molar-refractivity contribution < 1.29 is 9.90 Å². The fourth-order valence-corrected chi connectivity index (χ4v) is 2.29. The summed E-state index contributed by atoms with van der Waals surface area (Å²) in [5, 5.41) is 8.93. The van der Waals surface area contributed by atoms with E-state index in [4.69, 9.17) is 5.11 Å². The Hall–Kier alpha value is -1.88. The smallest absolute Gasteiger partial charge is 0.337 e. The van der Waals surface area contributed by atoms with E-state index in [2.05, 4.69) is 15.9 Å². The molecule has 92 valence electrons. The van der Waals surface area contributed by atoms with Crippen LogP contribution in [0.4, 0.5) is 0 Å². The number of carboxylic acids is 1. The molecule has 0 amide bonds. The number of hydrogen-bond donors (Lipinski definition) is 1. The summed E-state index contributed by atoms with van der Waals surface area (Å²) in [6.45, 7) is 1.94. The lowest BCUT2D eigenvalue weighted by atomic mass is 10.2. The van der Waals surface area contributed by atoms with Gasteiger partial charge in [-0.25, -0.2) is 4.79 Å². The van der Waals surface area contributed by atoms with Gasteiger partial charge in [0.2, 0.25) is 0 Å². The summed E-state index contributed by atoms with van der Waals surface area (Å²) >= 11 is 3.37. The molecule has 0 saturated heterocycles. The number of pyridine rings is 1. The lowest BCUT2D eigenvalue weighted by Gasteiger charge is -2.09. The highest BCUT2D eigenvalue weighted by Gasteiger charge is 2.09. The Balaban J connectivity index is 2.66. The molecular weight excluding hydrogens is 298 g/mol. The highest BCUT2D eigenvalue weighted by Crippen LogP contribution is 2.21. The minimum absolute atomic E-state index is 0.0714. The molecule has 1 aromatic heterocycles. The van der Waals surface area contributed by atoms with Gasteiger partial charge in [0.25, 0.3) is 5.56 Å². The van der Waals surface area contributed by atoms with Crippen LogP contribution in [0.1, 0.15) is 15.9 Å². The third kappa shape index (κ3) is 2.36. The summed E-state index contributed by atoms with van der Waals surface area (Å²) in [6, 6.07) is 8.04. The standard InChI is InChI=1S/C13H10BrNO3/c1-8-2-4-11(10(14)6-8)15-7-9(13(17)18)3-5-12(15)16/h2-7H,1H3,(H,17,18). The van der Waals surface area contributed by atoms with Gasteiger partial charge < -0.3 is 5.11 Å². The van der Waals surface area contributed by atoms with E-state index in [9.17, 15) is 9.59 Å². The Labute approximate surface area is 112 Å². The number of nitrogens with zero attached hydrogens (tertiary/aromatic N) is 1. The highest BCUT2D eigenvalue weighted by atomic mass is 79.9. The maximum atomic E-state index is 11.8. The van der Waals surface area contributed by atoms with Crippen LogP contribution in [-0.4, -0.2) is 15.6 Å². The number of rotatable bonds is 2. The molecular formula is C13H10BrNO3. The average molecular weight is 308 g/mol. The molecule has 0 aliphatic carbocycles. The second-order valence-corrected chi connectivity index (χ2v) is 4.74.